The van der Waals surface area contributed by atoms with E-state index in [0.717, 1.165) is 28.1 Å². The molecule has 0 aliphatic carbocycles. The lowest BCUT2D eigenvalue weighted by Crippen LogP contribution is -2.22. The Hall–Kier alpha value is -3.83. The Balaban J connectivity index is 1.56. The number of amides is 1. The van der Waals surface area contributed by atoms with Gasteiger partial charge in [-0.2, -0.15) is 5.10 Å². The molecule has 5 nitrogen and oxygen atoms in total. The van der Waals surface area contributed by atoms with Crippen LogP contribution in [0.25, 0.3) is 5.70 Å². The molecular formula is C27H23ClN4O. The van der Waals surface area contributed by atoms with Gasteiger partial charge < -0.3 is 10.6 Å². The number of benzene rings is 3. The minimum Gasteiger partial charge on any atom is -0.339 e. The number of halogens is 1. The largest absolute Gasteiger partial charge is 0.339 e. The van der Waals surface area contributed by atoms with E-state index in [1.807, 2.05) is 60.1 Å². The first-order valence-corrected chi connectivity index (χ1v) is 11.1. The highest BCUT2D eigenvalue weighted by atomic mass is 35.5. The summed E-state index contributed by atoms with van der Waals surface area (Å²) in [4.78, 5) is 13.2. The number of aromatic nitrogens is 2. The van der Waals surface area contributed by atoms with Gasteiger partial charge in [0.15, 0.2) is 0 Å². The van der Waals surface area contributed by atoms with E-state index in [1.54, 1.807) is 6.20 Å². The van der Waals surface area contributed by atoms with Crippen LogP contribution in [0.1, 0.15) is 38.7 Å². The topological polar surface area (TPSA) is 59.0 Å². The van der Waals surface area contributed by atoms with Gasteiger partial charge in [-0.1, -0.05) is 77.3 Å². The fourth-order valence-electron chi connectivity index (χ4n) is 3.93. The van der Waals surface area contributed by atoms with Gasteiger partial charge in [0, 0.05) is 16.4 Å². The summed E-state index contributed by atoms with van der Waals surface area (Å²) >= 11 is 6.56. The molecule has 0 spiro atoms. The number of rotatable bonds is 4. The molecule has 1 aromatic heterocycles. The van der Waals surface area contributed by atoms with E-state index in [4.69, 9.17) is 11.6 Å². The van der Waals surface area contributed by atoms with Crippen molar-refractivity contribution in [3.8, 4) is 0 Å². The molecule has 0 saturated carbocycles. The predicted octanol–water partition coefficient (Wildman–Crippen LogP) is 6.46. The molecule has 1 atom stereocenters. The van der Waals surface area contributed by atoms with Crippen molar-refractivity contribution in [3.05, 3.63) is 118 Å². The van der Waals surface area contributed by atoms with Gasteiger partial charge in [0.25, 0.3) is 5.91 Å². The number of hydrogen-bond acceptors (Lipinski definition) is 3. The van der Waals surface area contributed by atoms with Gasteiger partial charge in [-0.15, -0.1) is 0 Å². The smallest absolute Gasteiger partial charge is 0.261 e. The lowest BCUT2D eigenvalue weighted by atomic mass is 10.0. The molecule has 2 N–H and O–H groups in total. The summed E-state index contributed by atoms with van der Waals surface area (Å²) in [6.45, 7) is 4.07. The van der Waals surface area contributed by atoms with Crippen LogP contribution in [0.15, 0.2) is 85.1 Å². The standard InChI is InChI=1S/C27H23ClN4O/c1-17-7-11-19(12-8-17)24-15-25(21-5-3-4-6-23(21)28)32-26(31-24)22(16-29-32)27(33)30-20-13-9-18(2)10-14-20/h3-16,25,31H,1-2H3,(H,30,33). The maximum Gasteiger partial charge on any atom is 0.261 e. The normalized spacial score (nSPS) is 14.8. The molecule has 5 rings (SSSR count). The number of aryl methyl sites for hydroxylation is 2. The number of anilines is 2. The van der Waals surface area contributed by atoms with Crippen LogP contribution in [0, 0.1) is 13.8 Å². The third kappa shape index (κ3) is 4.15. The van der Waals surface area contributed by atoms with Crippen LogP contribution in [-0.2, 0) is 0 Å². The molecule has 0 bridgehead atoms. The molecule has 6 heteroatoms. The van der Waals surface area contributed by atoms with Gasteiger partial charge in [-0.05, 0) is 49.2 Å². The number of carbonyl (C=O) groups excluding carboxylic acids is 1. The summed E-state index contributed by atoms with van der Waals surface area (Å²) < 4.78 is 1.81. The molecule has 1 amide bonds. The molecule has 33 heavy (non-hydrogen) atoms. The minimum absolute atomic E-state index is 0.226. The molecular weight excluding hydrogens is 432 g/mol. The molecule has 0 fully saturated rings. The summed E-state index contributed by atoms with van der Waals surface area (Å²) in [7, 11) is 0. The first-order chi connectivity index (χ1) is 16.0. The van der Waals surface area contributed by atoms with Gasteiger partial charge >= 0.3 is 0 Å². The molecule has 164 valence electrons. The van der Waals surface area contributed by atoms with E-state index in [1.165, 1.54) is 5.56 Å². The summed E-state index contributed by atoms with van der Waals surface area (Å²) in [5.41, 5.74) is 6.35. The van der Waals surface area contributed by atoms with E-state index in [9.17, 15) is 4.79 Å². The fraction of sp³-hybridized carbons (Fsp3) is 0.111. The van der Waals surface area contributed by atoms with Gasteiger partial charge in [0.2, 0.25) is 0 Å². The maximum atomic E-state index is 13.2. The molecule has 3 aromatic carbocycles. The lowest BCUT2D eigenvalue weighted by Gasteiger charge is -2.27. The number of fused-ring (bicyclic) bond motifs is 1. The average Bonchev–Trinajstić information content (AvgIpc) is 3.25. The Labute approximate surface area is 197 Å². The molecule has 1 unspecified atom stereocenters. The van der Waals surface area contributed by atoms with Crippen LogP contribution < -0.4 is 10.6 Å². The summed E-state index contributed by atoms with van der Waals surface area (Å²) in [5, 5.41) is 11.6. The van der Waals surface area contributed by atoms with E-state index >= 15 is 0 Å². The second-order valence-electron chi connectivity index (χ2n) is 8.21. The number of nitrogens with zero attached hydrogens (tertiary/aromatic N) is 2. The van der Waals surface area contributed by atoms with Crippen LogP contribution in [-0.4, -0.2) is 15.7 Å². The molecule has 0 saturated heterocycles. The summed E-state index contributed by atoms with van der Waals surface area (Å²) in [5.74, 6) is 0.401. The third-order valence-electron chi connectivity index (χ3n) is 5.78. The van der Waals surface area contributed by atoms with Gasteiger partial charge in [-0.25, -0.2) is 4.68 Å². The number of allylic oxidation sites excluding steroid dienone is 1. The van der Waals surface area contributed by atoms with E-state index < -0.39 is 0 Å². The highest BCUT2D eigenvalue weighted by molar-refractivity contribution is 6.31. The Morgan fingerprint density at radius 3 is 2.33 bits per heavy atom. The molecule has 4 aromatic rings. The Morgan fingerprint density at radius 2 is 1.64 bits per heavy atom. The zero-order valence-electron chi connectivity index (χ0n) is 18.3. The Bertz CT molecular complexity index is 1350. The molecule has 0 radical (unpaired) electrons. The predicted molar refractivity (Wildman–Crippen MR) is 134 cm³/mol. The second-order valence-corrected chi connectivity index (χ2v) is 8.62. The zero-order valence-corrected chi connectivity index (χ0v) is 19.1. The third-order valence-corrected chi connectivity index (χ3v) is 6.12. The van der Waals surface area contributed by atoms with Crippen LogP contribution in [0.2, 0.25) is 5.02 Å². The highest BCUT2D eigenvalue weighted by Crippen LogP contribution is 2.37. The van der Waals surface area contributed by atoms with Crippen LogP contribution in [0.4, 0.5) is 11.5 Å². The quantitative estimate of drug-likeness (QED) is 0.372. The second kappa shape index (κ2) is 8.60. The molecule has 1 aliphatic rings. The number of carbonyl (C=O) groups is 1. The summed E-state index contributed by atoms with van der Waals surface area (Å²) in [6.07, 6.45) is 3.69. The first kappa shape index (κ1) is 21.0. The van der Waals surface area contributed by atoms with Crippen molar-refractivity contribution in [1.29, 1.82) is 0 Å². The first-order valence-electron chi connectivity index (χ1n) is 10.8. The fourth-order valence-corrected chi connectivity index (χ4v) is 4.18. The van der Waals surface area contributed by atoms with Gasteiger partial charge in [-0.3, -0.25) is 4.79 Å². The Morgan fingerprint density at radius 1 is 0.970 bits per heavy atom. The monoisotopic (exact) mass is 454 g/mol. The van der Waals surface area contributed by atoms with Crippen molar-refractivity contribution in [2.75, 3.05) is 10.6 Å². The van der Waals surface area contributed by atoms with E-state index in [0.29, 0.717) is 16.4 Å². The lowest BCUT2D eigenvalue weighted by molar-refractivity contribution is 0.102. The van der Waals surface area contributed by atoms with Crippen molar-refractivity contribution >= 4 is 34.7 Å². The number of nitrogens with one attached hydrogen (secondary N) is 2. The van der Waals surface area contributed by atoms with Gasteiger partial charge in [0.1, 0.15) is 17.4 Å². The minimum atomic E-state index is -0.257. The zero-order chi connectivity index (χ0) is 22.9. The molecule has 2 heterocycles. The van der Waals surface area contributed by atoms with Crippen LogP contribution >= 0.6 is 11.6 Å². The van der Waals surface area contributed by atoms with Crippen molar-refractivity contribution in [2.24, 2.45) is 0 Å². The van der Waals surface area contributed by atoms with Crippen LogP contribution in [0.5, 0.6) is 0 Å². The van der Waals surface area contributed by atoms with Crippen molar-refractivity contribution in [3.63, 3.8) is 0 Å². The maximum absolute atomic E-state index is 13.2. The SMILES string of the molecule is Cc1ccc(NC(=O)c2cnn3c2NC(c2ccc(C)cc2)=CC3c2ccccc2Cl)cc1. The average molecular weight is 455 g/mol. The van der Waals surface area contributed by atoms with Gasteiger partial charge in [0.05, 0.1) is 6.20 Å². The van der Waals surface area contributed by atoms with Crippen molar-refractivity contribution in [1.82, 2.24) is 9.78 Å². The van der Waals surface area contributed by atoms with Crippen molar-refractivity contribution in [2.45, 2.75) is 19.9 Å². The number of hydrogen-bond donors (Lipinski definition) is 2. The van der Waals surface area contributed by atoms with Crippen LogP contribution in [0.3, 0.4) is 0 Å². The van der Waals surface area contributed by atoms with Crippen molar-refractivity contribution < 1.29 is 4.79 Å². The summed E-state index contributed by atoms with van der Waals surface area (Å²) in [6, 6.07) is 23.4. The van der Waals surface area contributed by atoms with E-state index in [2.05, 4.69) is 53.0 Å². The highest BCUT2D eigenvalue weighted by Gasteiger charge is 2.28. The van der Waals surface area contributed by atoms with E-state index in [-0.39, 0.29) is 11.9 Å². The molecule has 1 aliphatic heterocycles. The Kier molecular flexibility index (Phi) is 5.48.